The summed E-state index contributed by atoms with van der Waals surface area (Å²) in [6.45, 7) is 2.02. The van der Waals surface area contributed by atoms with E-state index in [9.17, 15) is 15.0 Å². The Bertz CT molecular complexity index is 761. The molecule has 5 heteroatoms. The van der Waals surface area contributed by atoms with Crippen LogP contribution < -0.4 is 0 Å². The van der Waals surface area contributed by atoms with E-state index < -0.39 is 5.97 Å². The van der Waals surface area contributed by atoms with Gasteiger partial charge in [-0.25, -0.2) is 4.79 Å². The zero-order chi connectivity index (χ0) is 17.4. The van der Waals surface area contributed by atoms with Crippen LogP contribution in [-0.4, -0.2) is 51.3 Å². The van der Waals surface area contributed by atoms with Crippen LogP contribution >= 0.6 is 0 Å². The Kier molecular flexibility index (Phi) is 4.52. The van der Waals surface area contributed by atoms with Crippen molar-refractivity contribution in [1.29, 1.82) is 0 Å². The Labute approximate surface area is 147 Å². The van der Waals surface area contributed by atoms with Gasteiger partial charge in [-0.1, -0.05) is 12.8 Å². The van der Waals surface area contributed by atoms with Crippen molar-refractivity contribution in [3.63, 3.8) is 0 Å². The highest BCUT2D eigenvalue weighted by Crippen LogP contribution is 2.35. The number of aliphatic hydroxyl groups excluding tert-OH is 1. The molecule has 0 bridgehead atoms. The van der Waals surface area contributed by atoms with Gasteiger partial charge in [0, 0.05) is 23.1 Å². The van der Waals surface area contributed by atoms with Gasteiger partial charge in [0.25, 0.3) is 0 Å². The molecule has 2 fully saturated rings. The van der Waals surface area contributed by atoms with Gasteiger partial charge in [0.15, 0.2) is 0 Å². The molecule has 4 rings (SSSR count). The van der Waals surface area contributed by atoms with E-state index in [4.69, 9.17) is 0 Å². The predicted octanol–water partition coefficient (Wildman–Crippen LogP) is 3.35. The van der Waals surface area contributed by atoms with Crippen molar-refractivity contribution in [2.24, 2.45) is 0 Å². The molecular formula is C20H26N2O3. The standard InChI is InChI=1S/C20H26N2O3/c23-19-4-2-1-3-18(19)22-9-7-13(8-10-22)16-12-21-17-6-5-14(20(24)25)11-15(16)17/h5-6,11-13,18-19,21,23H,1-4,7-10H2,(H,24,25)/t18-,19-/m1/s1. The first-order valence-electron chi connectivity index (χ1n) is 9.40. The summed E-state index contributed by atoms with van der Waals surface area (Å²) in [6, 6.07) is 5.63. The van der Waals surface area contributed by atoms with Gasteiger partial charge in [0.2, 0.25) is 0 Å². The van der Waals surface area contributed by atoms with Crippen molar-refractivity contribution in [2.45, 2.75) is 56.6 Å². The molecule has 2 aromatic rings. The molecule has 1 saturated heterocycles. The molecule has 2 aliphatic rings. The molecule has 25 heavy (non-hydrogen) atoms. The zero-order valence-electron chi connectivity index (χ0n) is 14.4. The zero-order valence-corrected chi connectivity index (χ0v) is 14.4. The molecule has 1 saturated carbocycles. The number of aliphatic hydroxyl groups is 1. The number of carboxylic acids is 1. The number of hydrogen-bond acceptors (Lipinski definition) is 3. The summed E-state index contributed by atoms with van der Waals surface area (Å²) < 4.78 is 0. The van der Waals surface area contributed by atoms with E-state index >= 15 is 0 Å². The van der Waals surface area contributed by atoms with E-state index in [0.717, 1.165) is 56.1 Å². The van der Waals surface area contributed by atoms with Gasteiger partial charge in [0.05, 0.1) is 11.7 Å². The van der Waals surface area contributed by atoms with Crippen molar-refractivity contribution in [3.05, 3.63) is 35.5 Å². The minimum absolute atomic E-state index is 0.170. The SMILES string of the molecule is O=C(O)c1ccc2[nH]cc(C3CCN([C@@H]4CCCC[C@H]4O)CC3)c2c1. The van der Waals surface area contributed by atoms with Gasteiger partial charge in [-0.15, -0.1) is 0 Å². The van der Waals surface area contributed by atoms with Gasteiger partial charge in [-0.2, -0.15) is 0 Å². The van der Waals surface area contributed by atoms with Crippen molar-refractivity contribution < 1.29 is 15.0 Å². The summed E-state index contributed by atoms with van der Waals surface area (Å²) in [5, 5.41) is 20.6. The number of piperidine rings is 1. The third kappa shape index (κ3) is 3.18. The third-order valence-corrected chi connectivity index (χ3v) is 6.09. The number of carbonyl (C=O) groups is 1. The van der Waals surface area contributed by atoms with Gasteiger partial charge in [-0.05, 0) is 68.5 Å². The Balaban J connectivity index is 1.50. The number of benzene rings is 1. The second kappa shape index (κ2) is 6.81. The predicted molar refractivity (Wildman–Crippen MR) is 97.1 cm³/mol. The molecule has 5 nitrogen and oxygen atoms in total. The average molecular weight is 342 g/mol. The van der Waals surface area contributed by atoms with Crippen LogP contribution in [0.3, 0.4) is 0 Å². The highest BCUT2D eigenvalue weighted by molar-refractivity contribution is 5.94. The van der Waals surface area contributed by atoms with Crippen LogP contribution in [0.5, 0.6) is 0 Å². The number of aromatic amines is 1. The molecule has 3 N–H and O–H groups in total. The number of nitrogens with zero attached hydrogens (tertiary/aromatic N) is 1. The number of aromatic nitrogens is 1. The second-order valence-electron chi connectivity index (χ2n) is 7.54. The molecule has 0 amide bonds. The first kappa shape index (κ1) is 16.6. The lowest BCUT2D eigenvalue weighted by atomic mass is 9.85. The molecule has 134 valence electrons. The molecule has 0 spiro atoms. The van der Waals surface area contributed by atoms with Crippen molar-refractivity contribution in [1.82, 2.24) is 9.88 Å². The maximum atomic E-state index is 11.3. The van der Waals surface area contributed by atoms with Crippen LogP contribution in [0.25, 0.3) is 10.9 Å². The lowest BCUT2D eigenvalue weighted by Gasteiger charge is -2.41. The molecule has 2 atom stereocenters. The molecule has 1 aliphatic heterocycles. The number of nitrogens with one attached hydrogen (secondary N) is 1. The Morgan fingerprint density at radius 1 is 1.12 bits per heavy atom. The van der Waals surface area contributed by atoms with Crippen LogP contribution in [-0.2, 0) is 0 Å². The van der Waals surface area contributed by atoms with E-state index in [1.54, 1.807) is 12.1 Å². The van der Waals surface area contributed by atoms with Gasteiger partial charge in [0.1, 0.15) is 0 Å². The molecule has 1 aliphatic carbocycles. The van der Waals surface area contributed by atoms with Crippen molar-refractivity contribution >= 4 is 16.9 Å². The summed E-state index contributed by atoms with van der Waals surface area (Å²) in [5.74, 6) is -0.426. The minimum atomic E-state index is -0.879. The molecule has 1 aromatic carbocycles. The van der Waals surface area contributed by atoms with Crippen LogP contribution in [0.15, 0.2) is 24.4 Å². The number of carboxylic acid groups (broad SMARTS) is 1. The fourth-order valence-electron chi connectivity index (χ4n) is 4.67. The number of likely N-dealkylation sites (tertiary alicyclic amines) is 1. The highest BCUT2D eigenvalue weighted by atomic mass is 16.4. The normalized spacial score (nSPS) is 26.1. The fourth-order valence-corrected chi connectivity index (χ4v) is 4.67. The van der Waals surface area contributed by atoms with Gasteiger partial charge in [-0.3, -0.25) is 4.90 Å². The quantitative estimate of drug-likeness (QED) is 0.799. The highest BCUT2D eigenvalue weighted by Gasteiger charge is 2.32. The van der Waals surface area contributed by atoms with Crippen LogP contribution in [0, 0.1) is 0 Å². The summed E-state index contributed by atoms with van der Waals surface area (Å²) in [5.41, 5.74) is 2.59. The monoisotopic (exact) mass is 342 g/mol. The van der Waals surface area contributed by atoms with Crippen molar-refractivity contribution in [3.8, 4) is 0 Å². The fraction of sp³-hybridized carbons (Fsp3) is 0.550. The Morgan fingerprint density at radius 2 is 1.88 bits per heavy atom. The molecule has 1 aromatic heterocycles. The van der Waals surface area contributed by atoms with Crippen LogP contribution in [0.2, 0.25) is 0 Å². The number of fused-ring (bicyclic) bond motifs is 1. The van der Waals surface area contributed by atoms with E-state index in [2.05, 4.69) is 9.88 Å². The van der Waals surface area contributed by atoms with E-state index in [-0.39, 0.29) is 6.10 Å². The minimum Gasteiger partial charge on any atom is -0.478 e. The van der Waals surface area contributed by atoms with Gasteiger partial charge < -0.3 is 15.2 Å². The summed E-state index contributed by atoms with van der Waals surface area (Å²) in [7, 11) is 0. The molecular weight excluding hydrogens is 316 g/mol. The van der Waals surface area contributed by atoms with Crippen LogP contribution in [0.1, 0.15) is 60.4 Å². The maximum Gasteiger partial charge on any atom is 0.335 e. The lowest BCUT2D eigenvalue weighted by Crippen LogP contribution is -2.48. The Morgan fingerprint density at radius 3 is 2.60 bits per heavy atom. The number of H-pyrrole nitrogens is 1. The number of hydrogen-bond donors (Lipinski definition) is 3. The van der Waals surface area contributed by atoms with Crippen molar-refractivity contribution in [2.75, 3.05) is 13.1 Å². The average Bonchev–Trinajstić information content (AvgIpc) is 3.05. The smallest absolute Gasteiger partial charge is 0.335 e. The first-order valence-corrected chi connectivity index (χ1v) is 9.40. The largest absolute Gasteiger partial charge is 0.478 e. The second-order valence-corrected chi connectivity index (χ2v) is 7.54. The van der Waals surface area contributed by atoms with E-state index in [1.807, 2.05) is 12.3 Å². The van der Waals surface area contributed by atoms with E-state index in [1.165, 1.54) is 12.0 Å². The number of rotatable bonds is 3. The third-order valence-electron chi connectivity index (χ3n) is 6.09. The maximum absolute atomic E-state index is 11.3. The van der Waals surface area contributed by atoms with E-state index in [0.29, 0.717) is 17.5 Å². The van der Waals surface area contributed by atoms with Gasteiger partial charge >= 0.3 is 5.97 Å². The summed E-state index contributed by atoms with van der Waals surface area (Å²) in [6.07, 6.45) is 8.42. The lowest BCUT2D eigenvalue weighted by molar-refractivity contribution is 0.00876. The molecule has 0 radical (unpaired) electrons. The Hall–Kier alpha value is -1.85. The topological polar surface area (TPSA) is 76.6 Å². The molecule has 2 heterocycles. The number of aromatic carboxylic acids is 1. The summed E-state index contributed by atoms with van der Waals surface area (Å²) >= 11 is 0. The molecule has 0 unspecified atom stereocenters. The first-order chi connectivity index (χ1) is 12.1. The van der Waals surface area contributed by atoms with Crippen LogP contribution in [0.4, 0.5) is 0 Å². The summed E-state index contributed by atoms with van der Waals surface area (Å²) in [4.78, 5) is 17.0.